The van der Waals surface area contributed by atoms with Gasteiger partial charge in [-0.15, -0.1) is 0 Å². The zero-order chi connectivity index (χ0) is 16.5. The summed E-state index contributed by atoms with van der Waals surface area (Å²) < 4.78 is 0. The number of hydrogen-bond donors (Lipinski definition) is 0. The quantitative estimate of drug-likeness (QED) is 0.702. The standard InChI is InChI=1S/C19H26N2.C2H6/c1-2-3-6-12-20-13-15-21(16-14-20)19-11-7-9-17-8-4-5-10-18(17)19;1-2/h4-5,7-11H,2-3,6,12-16H2,1H3;1-2H3. The zero-order valence-corrected chi connectivity index (χ0v) is 15.1. The average Bonchev–Trinajstić information content (AvgIpc) is 2.64. The molecule has 1 fully saturated rings. The highest BCUT2D eigenvalue weighted by molar-refractivity contribution is 5.94. The summed E-state index contributed by atoms with van der Waals surface area (Å²) in [7, 11) is 0. The van der Waals surface area contributed by atoms with E-state index in [2.05, 4.69) is 59.2 Å². The Labute approximate surface area is 142 Å². The summed E-state index contributed by atoms with van der Waals surface area (Å²) in [5.74, 6) is 0. The molecule has 0 bridgehead atoms. The maximum absolute atomic E-state index is 2.62. The molecule has 0 aromatic heterocycles. The summed E-state index contributed by atoms with van der Waals surface area (Å²) in [5, 5.41) is 2.74. The molecule has 2 aromatic carbocycles. The molecule has 1 saturated heterocycles. The largest absolute Gasteiger partial charge is 0.368 e. The molecule has 0 spiro atoms. The summed E-state index contributed by atoms with van der Waals surface area (Å²) >= 11 is 0. The van der Waals surface area contributed by atoms with Gasteiger partial charge in [0.25, 0.3) is 0 Å². The van der Waals surface area contributed by atoms with Crippen LogP contribution in [0.5, 0.6) is 0 Å². The third-order valence-electron chi connectivity index (χ3n) is 4.56. The number of fused-ring (bicyclic) bond motifs is 1. The second kappa shape index (κ2) is 9.57. The van der Waals surface area contributed by atoms with Gasteiger partial charge in [0.15, 0.2) is 0 Å². The van der Waals surface area contributed by atoms with Gasteiger partial charge >= 0.3 is 0 Å². The third-order valence-corrected chi connectivity index (χ3v) is 4.56. The normalized spacial score (nSPS) is 15.3. The smallest absolute Gasteiger partial charge is 0.0446 e. The van der Waals surface area contributed by atoms with Crippen molar-refractivity contribution in [2.45, 2.75) is 40.0 Å². The number of piperazine rings is 1. The fourth-order valence-corrected chi connectivity index (χ4v) is 3.28. The van der Waals surface area contributed by atoms with Crippen LogP contribution in [-0.4, -0.2) is 37.6 Å². The molecule has 0 amide bonds. The first kappa shape index (κ1) is 17.8. The molecule has 1 aliphatic rings. The maximum Gasteiger partial charge on any atom is 0.0446 e. The summed E-state index contributed by atoms with van der Waals surface area (Å²) in [4.78, 5) is 5.18. The van der Waals surface area contributed by atoms with Gasteiger partial charge in [-0.25, -0.2) is 0 Å². The van der Waals surface area contributed by atoms with Gasteiger partial charge in [-0.3, -0.25) is 4.90 Å². The third kappa shape index (κ3) is 4.71. The van der Waals surface area contributed by atoms with Gasteiger partial charge in [0.1, 0.15) is 0 Å². The molecule has 2 heteroatoms. The lowest BCUT2D eigenvalue weighted by Crippen LogP contribution is -2.46. The molecule has 126 valence electrons. The first-order chi connectivity index (χ1) is 11.4. The number of rotatable bonds is 5. The Morgan fingerprint density at radius 1 is 0.826 bits per heavy atom. The fourth-order valence-electron chi connectivity index (χ4n) is 3.28. The Balaban J connectivity index is 0.000000924. The van der Waals surface area contributed by atoms with Crippen molar-refractivity contribution < 1.29 is 0 Å². The van der Waals surface area contributed by atoms with E-state index in [9.17, 15) is 0 Å². The van der Waals surface area contributed by atoms with E-state index in [1.54, 1.807) is 0 Å². The Hall–Kier alpha value is -1.54. The van der Waals surface area contributed by atoms with Crippen LogP contribution in [-0.2, 0) is 0 Å². The number of anilines is 1. The zero-order valence-electron chi connectivity index (χ0n) is 15.1. The van der Waals surface area contributed by atoms with Crippen molar-refractivity contribution in [3.8, 4) is 0 Å². The SMILES string of the molecule is CC.CCCCCN1CCN(c2cccc3ccccc23)CC1. The number of hydrogen-bond acceptors (Lipinski definition) is 2. The molecule has 0 unspecified atom stereocenters. The predicted octanol–water partition coefficient (Wildman–Crippen LogP) is 5.18. The van der Waals surface area contributed by atoms with Gasteiger partial charge in [-0.1, -0.05) is 70.0 Å². The molecule has 0 atom stereocenters. The van der Waals surface area contributed by atoms with Gasteiger partial charge in [0.2, 0.25) is 0 Å². The Morgan fingerprint density at radius 3 is 2.26 bits per heavy atom. The minimum atomic E-state index is 1.15. The van der Waals surface area contributed by atoms with Gasteiger partial charge in [0, 0.05) is 37.3 Å². The Morgan fingerprint density at radius 2 is 1.52 bits per heavy atom. The first-order valence-corrected chi connectivity index (χ1v) is 9.33. The van der Waals surface area contributed by atoms with E-state index in [0.717, 1.165) is 13.1 Å². The molecule has 2 nitrogen and oxygen atoms in total. The van der Waals surface area contributed by atoms with Crippen molar-refractivity contribution in [1.82, 2.24) is 4.90 Å². The van der Waals surface area contributed by atoms with E-state index in [0.29, 0.717) is 0 Å². The summed E-state index contributed by atoms with van der Waals surface area (Å²) in [6, 6.07) is 15.4. The van der Waals surface area contributed by atoms with Gasteiger partial charge in [0.05, 0.1) is 0 Å². The van der Waals surface area contributed by atoms with E-state index in [-0.39, 0.29) is 0 Å². The summed E-state index contributed by atoms with van der Waals surface area (Å²) in [6.45, 7) is 12.3. The first-order valence-electron chi connectivity index (χ1n) is 9.33. The molecule has 1 heterocycles. The highest BCUT2D eigenvalue weighted by Crippen LogP contribution is 2.27. The minimum absolute atomic E-state index is 1.15. The number of nitrogens with zero attached hydrogens (tertiary/aromatic N) is 2. The molecule has 3 rings (SSSR count). The predicted molar refractivity (Wildman–Crippen MR) is 103 cm³/mol. The van der Waals surface area contributed by atoms with Crippen molar-refractivity contribution in [1.29, 1.82) is 0 Å². The van der Waals surface area contributed by atoms with Crippen LogP contribution in [0.25, 0.3) is 10.8 Å². The lowest BCUT2D eigenvalue weighted by molar-refractivity contribution is 0.253. The molecule has 0 aliphatic carbocycles. The summed E-state index contributed by atoms with van der Waals surface area (Å²) in [6.07, 6.45) is 4.03. The van der Waals surface area contributed by atoms with Crippen LogP contribution in [0.15, 0.2) is 42.5 Å². The van der Waals surface area contributed by atoms with E-state index in [4.69, 9.17) is 0 Å². The molecular formula is C21H32N2. The molecule has 1 aliphatic heterocycles. The van der Waals surface area contributed by atoms with Crippen LogP contribution in [0.2, 0.25) is 0 Å². The second-order valence-electron chi connectivity index (χ2n) is 6.03. The minimum Gasteiger partial charge on any atom is -0.368 e. The van der Waals surface area contributed by atoms with Crippen LogP contribution in [0, 0.1) is 0 Å². The van der Waals surface area contributed by atoms with E-state index in [1.165, 1.54) is 55.4 Å². The lowest BCUT2D eigenvalue weighted by Gasteiger charge is -2.36. The van der Waals surface area contributed by atoms with Crippen LogP contribution >= 0.6 is 0 Å². The van der Waals surface area contributed by atoms with E-state index >= 15 is 0 Å². The van der Waals surface area contributed by atoms with E-state index < -0.39 is 0 Å². The topological polar surface area (TPSA) is 6.48 Å². The van der Waals surface area contributed by atoms with Gasteiger partial charge in [-0.2, -0.15) is 0 Å². The highest BCUT2D eigenvalue weighted by atomic mass is 15.3. The second-order valence-corrected chi connectivity index (χ2v) is 6.03. The van der Waals surface area contributed by atoms with Crippen LogP contribution in [0.1, 0.15) is 40.0 Å². The summed E-state index contributed by atoms with van der Waals surface area (Å²) in [5.41, 5.74) is 1.40. The van der Waals surface area contributed by atoms with Crippen molar-refractivity contribution in [2.24, 2.45) is 0 Å². The molecule has 0 N–H and O–H groups in total. The highest BCUT2D eigenvalue weighted by Gasteiger charge is 2.17. The lowest BCUT2D eigenvalue weighted by atomic mass is 10.1. The molecule has 2 aromatic rings. The molecule has 0 saturated carbocycles. The number of unbranched alkanes of at least 4 members (excludes halogenated alkanes) is 2. The maximum atomic E-state index is 2.62. The van der Waals surface area contributed by atoms with Crippen molar-refractivity contribution in [2.75, 3.05) is 37.6 Å². The molecule has 23 heavy (non-hydrogen) atoms. The van der Waals surface area contributed by atoms with Crippen molar-refractivity contribution in [3.63, 3.8) is 0 Å². The van der Waals surface area contributed by atoms with Crippen LogP contribution in [0.3, 0.4) is 0 Å². The van der Waals surface area contributed by atoms with Crippen molar-refractivity contribution >= 4 is 16.5 Å². The van der Waals surface area contributed by atoms with Crippen LogP contribution in [0.4, 0.5) is 5.69 Å². The monoisotopic (exact) mass is 312 g/mol. The van der Waals surface area contributed by atoms with E-state index in [1.807, 2.05) is 13.8 Å². The average molecular weight is 313 g/mol. The number of benzene rings is 2. The van der Waals surface area contributed by atoms with Gasteiger partial charge < -0.3 is 4.90 Å². The van der Waals surface area contributed by atoms with Gasteiger partial charge in [-0.05, 0) is 24.4 Å². The Kier molecular flexibility index (Phi) is 7.41. The Bertz CT molecular complexity index is 566. The molecular weight excluding hydrogens is 280 g/mol. The molecule has 0 radical (unpaired) electrons. The van der Waals surface area contributed by atoms with Crippen molar-refractivity contribution in [3.05, 3.63) is 42.5 Å². The van der Waals surface area contributed by atoms with Crippen LogP contribution < -0.4 is 4.90 Å². The fraction of sp³-hybridized carbons (Fsp3) is 0.524.